The number of hydrogen-bond donors (Lipinski definition) is 1. The third kappa shape index (κ3) is 2.47. The predicted octanol–water partition coefficient (Wildman–Crippen LogP) is 4.12. The summed E-state index contributed by atoms with van der Waals surface area (Å²) in [5.41, 5.74) is 4.34. The second kappa shape index (κ2) is 4.94. The third-order valence-electron chi connectivity index (χ3n) is 3.05. The lowest BCUT2D eigenvalue weighted by Gasteiger charge is -2.05. The molecule has 3 rings (SSSR count). The Bertz CT molecular complexity index is 675. The zero-order valence-electron chi connectivity index (χ0n) is 10.3. The van der Waals surface area contributed by atoms with Gasteiger partial charge in [0.25, 0.3) is 0 Å². The molecular formula is C17H13NO. The Morgan fingerprint density at radius 2 is 1.21 bits per heavy atom. The van der Waals surface area contributed by atoms with Gasteiger partial charge in [0.2, 0.25) is 0 Å². The summed E-state index contributed by atoms with van der Waals surface area (Å²) < 4.78 is 0. The van der Waals surface area contributed by atoms with E-state index in [1.807, 2.05) is 30.3 Å². The second-order valence-corrected chi connectivity index (χ2v) is 4.38. The molecule has 0 aliphatic carbocycles. The quantitative estimate of drug-likeness (QED) is 0.738. The average molecular weight is 247 g/mol. The Kier molecular flexibility index (Phi) is 2.99. The first-order chi connectivity index (χ1) is 9.33. The Hall–Kier alpha value is -2.61. The van der Waals surface area contributed by atoms with Gasteiger partial charge in [-0.25, -0.2) is 0 Å². The van der Waals surface area contributed by atoms with Crippen LogP contribution >= 0.6 is 0 Å². The normalized spacial score (nSPS) is 10.3. The molecule has 0 unspecified atom stereocenters. The van der Waals surface area contributed by atoms with Gasteiger partial charge in [-0.2, -0.15) is 0 Å². The zero-order chi connectivity index (χ0) is 13.1. The fraction of sp³-hybridized carbons (Fsp3) is 0. The van der Waals surface area contributed by atoms with Crippen molar-refractivity contribution < 1.29 is 5.11 Å². The first kappa shape index (κ1) is 11.5. The maximum absolute atomic E-state index is 9.44. The van der Waals surface area contributed by atoms with Gasteiger partial charge in [-0.3, -0.25) is 4.98 Å². The highest BCUT2D eigenvalue weighted by Crippen LogP contribution is 2.25. The summed E-state index contributed by atoms with van der Waals surface area (Å²) in [5.74, 6) is 0.185. The van der Waals surface area contributed by atoms with Crippen LogP contribution in [0.15, 0.2) is 73.1 Å². The summed E-state index contributed by atoms with van der Waals surface area (Å²) in [7, 11) is 0. The van der Waals surface area contributed by atoms with Crippen LogP contribution in [-0.2, 0) is 0 Å². The van der Waals surface area contributed by atoms with Crippen molar-refractivity contribution in [2.45, 2.75) is 0 Å². The minimum Gasteiger partial charge on any atom is -0.506 e. The molecule has 2 nitrogen and oxygen atoms in total. The largest absolute Gasteiger partial charge is 0.506 e. The Labute approximate surface area is 112 Å². The minimum absolute atomic E-state index is 0.185. The van der Waals surface area contributed by atoms with Crippen LogP contribution in [0.5, 0.6) is 5.75 Å². The molecule has 1 N–H and O–H groups in total. The molecule has 2 heteroatoms. The van der Waals surface area contributed by atoms with Gasteiger partial charge in [-0.15, -0.1) is 0 Å². The van der Waals surface area contributed by atoms with Crippen molar-refractivity contribution in [1.29, 1.82) is 0 Å². The first-order valence-electron chi connectivity index (χ1n) is 6.13. The van der Waals surface area contributed by atoms with Crippen molar-refractivity contribution in [3.8, 4) is 28.0 Å². The van der Waals surface area contributed by atoms with Crippen LogP contribution in [0.3, 0.4) is 0 Å². The van der Waals surface area contributed by atoms with E-state index in [1.165, 1.54) is 17.3 Å². The summed E-state index contributed by atoms with van der Waals surface area (Å²) >= 11 is 0. The van der Waals surface area contributed by atoms with E-state index in [-0.39, 0.29) is 5.75 Å². The van der Waals surface area contributed by atoms with Gasteiger partial charge in [-0.1, -0.05) is 54.6 Å². The number of aromatic hydroxyl groups is 1. The van der Waals surface area contributed by atoms with Crippen molar-refractivity contribution in [1.82, 2.24) is 4.98 Å². The van der Waals surface area contributed by atoms with E-state index in [4.69, 9.17) is 0 Å². The van der Waals surface area contributed by atoms with Crippen molar-refractivity contribution in [2.24, 2.45) is 0 Å². The number of aromatic nitrogens is 1. The lowest BCUT2D eigenvalue weighted by molar-refractivity contribution is 0.473. The van der Waals surface area contributed by atoms with E-state index in [2.05, 4.69) is 29.2 Å². The number of rotatable bonds is 2. The van der Waals surface area contributed by atoms with Crippen molar-refractivity contribution in [3.63, 3.8) is 0 Å². The molecule has 0 saturated heterocycles. The van der Waals surface area contributed by atoms with Crippen molar-refractivity contribution >= 4 is 0 Å². The molecule has 1 aromatic heterocycles. The number of benzene rings is 2. The molecular weight excluding hydrogens is 234 g/mol. The SMILES string of the molecule is Oc1cncc(-c2ccc(-c3ccccc3)cc2)c1. The van der Waals surface area contributed by atoms with Crippen molar-refractivity contribution in [2.75, 3.05) is 0 Å². The van der Waals surface area contributed by atoms with Crippen LogP contribution in [0.1, 0.15) is 0 Å². The third-order valence-corrected chi connectivity index (χ3v) is 3.05. The molecule has 0 fully saturated rings. The highest BCUT2D eigenvalue weighted by Gasteiger charge is 2.01. The van der Waals surface area contributed by atoms with Crippen LogP contribution in [0.25, 0.3) is 22.3 Å². The highest BCUT2D eigenvalue weighted by molar-refractivity contribution is 5.70. The lowest BCUT2D eigenvalue weighted by atomic mass is 10.0. The molecule has 0 atom stereocenters. The molecule has 19 heavy (non-hydrogen) atoms. The average Bonchev–Trinajstić information content (AvgIpc) is 2.48. The molecule has 2 aromatic carbocycles. The highest BCUT2D eigenvalue weighted by atomic mass is 16.3. The Morgan fingerprint density at radius 1 is 0.632 bits per heavy atom. The van der Waals surface area contributed by atoms with E-state index in [0.717, 1.165) is 11.1 Å². The van der Waals surface area contributed by atoms with Gasteiger partial charge in [0.15, 0.2) is 0 Å². The van der Waals surface area contributed by atoms with Crippen LogP contribution in [0.2, 0.25) is 0 Å². The van der Waals surface area contributed by atoms with E-state index in [0.29, 0.717) is 0 Å². The maximum atomic E-state index is 9.44. The monoisotopic (exact) mass is 247 g/mol. The molecule has 0 amide bonds. The fourth-order valence-electron chi connectivity index (χ4n) is 2.07. The van der Waals surface area contributed by atoms with Gasteiger partial charge in [0.1, 0.15) is 5.75 Å². The molecule has 0 aliphatic heterocycles. The zero-order valence-corrected chi connectivity index (χ0v) is 10.3. The van der Waals surface area contributed by atoms with Gasteiger partial charge < -0.3 is 5.11 Å². The van der Waals surface area contributed by atoms with E-state index < -0.39 is 0 Å². The summed E-state index contributed by atoms with van der Waals surface area (Å²) in [6.45, 7) is 0. The van der Waals surface area contributed by atoms with E-state index >= 15 is 0 Å². The van der Waals surface area contributed by atoms with Crippen LogP contribution in [0.4, 0.5) is 0 Å². The number of hydrogen-bond acceptors (Lipinski definition) is 2. The fourth-order valence-corrected chi connectivity index (χ4v) is 2.07. The summed E-state index contributed by atoms with van der Waals surface area (Å²) in [4.78, 5) is 3.99. The number of pyridine rings is 1. The maximum Gasteiger partial charge on any atom is 0.134 e. The molecule has 3 aromatic rings. The second-order valence-electron chi connectivity index (χ2n) is 4.38. The topological polar surface area (TPSA) is 33.1 Å². The first-order valence-corrected chi connectivity index (χ1v) is 6.13. The molecule has 1 heterocycles. The number of nitrogens with zero attached hydrogens (tertiary/aromatic N) is 1. The van der Waals surface area contributed by atoms with Crippen molar-refractivity contribution in [3.05, 3.63) is 73.1 Å². The summed E-state index contributed by atoms with van der Waals surface area (Å²) in [6, 6.07) is 20.2. The van der Waals surface area contributed by atoms with Gasteiger partial charge >= 0.3 is 0 Å². The van der Waals surface area contributed by atoms with Crippen LogP contribution in [0, 0.1) is 0 Å². The van der Waals surface area contributed by atoms with Crippen LogP contribution in [-0.4, -0.2) is 10.1 Å². The predicted molar refractivity (Wildman–Crippen MR) is 76.8 cm³/mol. The molecule has 92 valence electrons. The minimum atomic E-state index is 0.185. The molecule has 0 spiro atoms. The van der Waals surface area contributed by atoms with Crippen LogP contribution < -0.4 is 0 Å². The molecule has 0 saturated carbocycles. The van der Waals surface area contributed by atoms with E-state index in [9.17, 15) is 5.11 Å². The van der Waals surface area contributed by atoms with Gasteiger partial charge in [-0.05, 0) is 22.8 Å². The van der Waals surface area contributed by atoms with Gasteiger partial charge in [0, 0.05) is 11.8 Å². The van der Waals surface area contributed by atoms with E-state index in [1.54, 1.807) is 12.3 Å². The Morgan fingerprint density at radius 3 is 1.84 bits per heavy atom. The molecule has 0 radical (unpaired) electrons. The summed E-state index contributed by atoms with van der Waals surface area (Å²) in [6.07, 6.45) is 3.18. The lowest BCUT2D eigenvalue weighted by Crippen LogP contribution is -1.81. The van der Waals surface area contributed by atoms with Gasteiger partial charge in [0.05, 0.1) is 6.20 Å². The summed E-state index contributed by atoms with van der Waals surface area (Å²) in [5, 5.41) is 9.44. The molecule has 0 aliphatic rings. The Balaban J connectivity index is 1.95. The molecule has 0 bridgehead atoms. The smallest absolute Gasteiger partial charge is 0.134 e. The standard InChI is InChI=1S/C17H13NO/c19-17-10-16(11-18-12-17)15-8-6-14(7-9-15)13-4-2-1-3-5-13/h1-12,19H.